The van der Waals surface area contributed by atoms with E-state index in [1.807, 2.05) is 0 Å². The second-order valence-corrected chi connectivity index (χ2v) is 14.7. The molecule has 3 N–H and O–H groups in total. The van der Waals surface area contributed by atoms with Gasteiger partial charge in [0.15, 0.2) is 0 Å². The molecule has 0 aromatic rings. The summed E-state index contributed by atoms with van der Waals surface area (Å²) in [4.78, 5) is 22.5. The van der Waals surface area contributed by atoms with Gasteiger partial charge < -0.3 is 24.6 Å². The van der Waals surface area contributed by atoms with Crippen molar-refractivity contribution in [2.24, 2.45) is 0 Å². The standard InChI is InChI=1S/C41H75O9P/c1-3-5-7-9-11-13-15-17-19-20-22-24-26-28-30-32-34-47-37-40(38-49-51(45,46)48-36-39(43)35-42)50-41(44)33-31-29-27-25-23-21-18-16-14-12-10-8-6-4-2/h5,7,11,13,17,19,22,24,39-40,42-43H,3-4,6,8-10,12,14-16,18,20-21,23,25-38H2,1-2H3,(H,45,46)/b7-5-,13-11-,19-17-,24-22-. The first-order chi connectivity index (χ1) is 24.8. The highest BCUT2D eigenvalue weighted by Crippen LogP contribution is 2.43. The summed E-state index contributed by atoms with van der Waals surface area (Å²) < 4.78 is 33.2. The second kappa shape index (κ2) is 38.2. The Balaban J connectivity index is 4.27. The Kier molecular flexibility index (Phi) is 37.0. The molecule has 0 aliphatic heterocycles. The lowest BCUT2D eigenvalue weighted by atomic mass is 10.0. The number of phosphoric acid groups is 1. The van der Waals surface area contributed by atoms with Crippen LogP contribution in [0, 0.1) is 0 Å². The summed E-state index contributed by atoms with van der Waals surface area (Å²) >= 11 is 0. The largest absolute Gasteiger partial charge is 0.472 e. The van der Waals surface area contributed by atoms with Crippen LogP contribution in [0.15, 0.2) is 48.6 Å². The van der Waals surface area contributed by atoms with E-state index in [1.54, 1.807) is 0 Å². The molecule has 0 aliphatic carbocycles. The fourth-order valence-corrected chi connectivity index (χ4v) is 6.02. The fraction of sp³-hybridized carbons (Fsp3) is 0.780. The van der Waals surface area contributed by atoms with Gasteiger partial charge in [0.25, 0.3) is 0 Å². The molecule has 0 aliphatic rings. The monoisotopic (exact) mass is 743 g/mol. The minimum absolute atomic E-state index is 0.0284. The molecule has 0 radical (unpaired) electrons. The maximum Gasteiger partial charge on any atom is 0.472 e. The van der Waals surface area contributed by atoms with Crippen LogP contribution in [0.1, 0.15) is 162 Å². The molecular weight excluding hydrogens is 667 g/mol. The van der Waals surface area contributed by atoms with Crippen LogP contribution in [0.4, 0.5) is 0 Å². The third-order valence-electron chi connectivity index (χ3n) is 8.28. The number of aliphatic hydroxyl groups excluding tert-OH is 2. The maximum absolute atomic E-state index is 12.6. The molecular formula is C41H75O9P. The van der Waals surface area contributed by atoms with Crippen molar-refractivity contribution in [2.75, 3.05) is 33.0 Å². The zero-order chi connectivity index (χ0) is 37.5. The number of unbranched alkanes of at least 4 members (excludes halogenated alkanes) is 16. The van der Waals surface area contributed by atoms with Crippen LogP contribution < -0.4 is 0 Å². The highest BCUT2D eigenvalue weighted by Gasteiger charge is 2.26. The van der Waals surface area contributed by atoms with Gasteiger partial charge in [-0.3, -0.25) is 13.8 Å². The first-order valence-corrected chi connectivity index (χ1v) is 21.6. The van der Waals surface area contributed by atoms with E-state index in [2.05, 4.69) is 62.5 Å². The van der Waals surface area contributed by atoms with Crippen LogP contribution >= 0.6 is 7.82 Å². The Hall–Kier alpha value is -1.58. The Bertz CT molecular complexity index is 934. The van der Waals surface area contributed by atoms with Gasteiger partial charge in [-0.15, -0.1) is 0 Å². The number of phosphoric ester groups is 1. The number of carbonyl (C=O) groups excluding carboxylic acids is 1. The van der Waals surface area contributed by atoms with E-state index < -0.39 is 39.2 Å². The molecule has 0 heterocycles. The van der Waals surface area contributed by atoms with E-state index in [4.69, 9.17) is 23.6 Å². The average molecular weight is 743 g/mol. The van der Waals surface area contributed by atoms with Gasteiger partial charge in [-0.05, 0) is 51.4 Å². The zero-order valence-corrected chi connectivity index (χ0v) is 33.2. The lowest BCUT2D eigenvalue weighted by Gasteiger charge is -2.20. The van der Waals surface area contributed by atoms with Crippen molar-refractivity contribution >= 4 is 13.8 Å². The molecule has 3 atom stereocenters. The van der Waals surface area contributed by atoms with Crippen molar-refractivity contribution < 1.29 is 43.0 Å². The Morgan fingerprint density at radius 3 is 1.67 bits per heavy atom. The van der Waals surface area contributed by atoms with Crippen molar-refractivity contribution in [2.45, 2.75) is 174 Å². The predicted octanol–water partition coefficient (Wildman–Crippen LogP) is 10.6. The van der Waals surface area contributed by atoms with Gasteiger partial charge in [0.2, 0.25) is 0 Å². The number of esters is 1. The summed E-state index contributed by atoms with van der Waals surface area (Å²) in [6, 6.07) is 0. The van der Waals surface area contributed by atoms with Gasteiger partial charge in [0, 0.05) is 13.0 Å². The van der Waals surface area contributed by atoms with Crippen LogP contribution in [0.5, 0.6) is 0 Å². The van der Waals surface area contributed by atoms with Gasteiger partial charge in [-0.1, -0.05) is 152 Å². The normalized spacial score (nSPS) is 14.7. The average Bonchev–Trinajstić information content (AvgIpc) is 3.12. The van der Waals surface area contributed by atoms with Crippen molar-refractivity contribution in [3.8, 4) is 0 Å². The highest BCUT2D eigenvalue weighted by atomic mass is 31.2. The number of hydrogen-bond donors (Lipinski definition) is 3. The fourth-order valence-electron chi connectivity index (χ4n) is 5.23. The number of aliphatic hydroxyl groups is 2. The minimum atomic E-state index is -4.52. The van der Waals surface area contributed by atoms with Crippen molar-refractivity contribution in [3.05, 3.63) is 48.6 Å². The van der Waals surface area contributed by atoms with Gasteiger partial charge in [-0.2, -0.15) is 0 Å². The molecule has 0 saturated carbocycles. The molecule has 0 rings (SSSR count). The summed E-state index contributed by atoms with van der Waals surface area (Å²) in [5.41, 5.74) is 0. The van der Waals surface area contributed by atoms with Crippen LogP contribution in [0.3, 0.4) is 0 Å². The molecule has 0 amide bonds. The third kappa shape index (κ3) is 38.0. The third-order valence-corrected chi connectivity index (χ3v) is 9.23. The quantitative estimate of drug-likeness (QED) is 0.0245. The van der Waals surface area contributed by atoms with Crippen LogP contribution in [0.2, 0.25) is 0 Å². The van der Waals surface area contributed by atoms with Crippen LogP contribution in [0.25, 0.3) is 0 Å². The first-order valence-electron chi connectivity index (χ1n) is 20.1. The molecule has 0 bridgehead atoms. The van der Waals surface area contributed by atoms with E-state index in [0.717, 1.165) is 70.6 Å². The van der Waals surface area contributed by atoms with Gasteiger partial charge >= 0.3 is 13.8 Å². The lowest BCUT2D eigenvalue weighted by molar-refractivity contribution is -0.154. The summed E-state index contributed by atoms with van der Waals surface area (Å²) in [6.07, 6.45) is 40.7. The number of rotatable bonds is 38. The van der Waals surface area contributed by atoms with E-state index in [0.29, 0.717) is 6.61 Å². The maximum atomic E-state index is 12.6. The smallest absolute Gasteiger partial charge is 0.457 e. The second-order valence-electron chi connectivity index (χ2n) is 13.3. The summed E-state index contributed by atoms with van der Waals surface area (Å²) in [5.74, 6) is -0.395. The van der Waals surface area contributed by atoms with E-state index >= 15 is 0 Å². The molecule has 51 heavy (non-hydrogen) atoms. The summed E-state index contributed by atoms with van der Waals surface area (Å²) in [6.45, 7) is 3.32. The number of hydrogen-bond acceptors (Lipinski definition) is 8. The van der Waals surface area contributed by atoms with E-state index in [9.17, 15) is 19.4 Å². The predicted molar refractivity (Wildman–Crippen MR) is 210 cm³/mol. The number of allylic oxidation sites excluding steroid dienone is 8. The molecule has 0 spiro atoms. The summed E-state index contributed by atoms with van der Waals surface area (Å²) in [7, 11) is -4.52. The van der Waals surface area contributed by atoms with Gasteiger partial charge in [-0.25, -0.2) is 4.57 Å². The Labute approximate surface area is 311 Å². The Morgan fingerprint density at radius 2 is 1.12 bits per heavy atom. The highest BCUT2D eigenvalue weighted by molar-refractivity contribution is 7.47. The zero-order valence-electron chi connectivity index (χ0n) is 32.3. The topological polar surface area (TPSA) is 132 Å². The van der Waals surface area contributed by atoms with E-state index in [1.165, 1.54) is 70.6 Å². The molecule has 298 valence electrons. The Morgan fingerprint density at radius 1 is 0.627 bits per heavy atom. The number of ether oxygens (including phenoxy) is 2. The number of carbonyl (C=O) groups is 1. The van der Waals surface area contributed by atoms with Gasteiger partial charge in [0.1, 0.15) is 12.2 Å². The SMILES string of the molecule is CC/C=C\C/C=C\C/C=C\C/C=C\CCCCCOCC(COP(=O)(O)OCC(O)CO)OC(=O)CCCCCCCCCCCCCCCC. The van der Waals surface area contributed by atoms with E-state index in [-0.39, 0.29) is 19.6 Å². The summed E-state index contributed by atoms with van der Waals surface area (Å²) in [5, 5.41) is 18.3. The molecule has 10 heteroatoms. The lowest BCUT2D eigenvalue weighted by Crippen LogP contribution is -2.29. The minimum Gasteiger partial charge on any atom is -0.457 e. The molecule has 0 aromatic heterocycles. The van der Waals surface area contributed by atoms with Gasteiger partial charge in [0.05, 0.1) is 26.4 Å². The molecule has 3 unspecified atom stereocenters. The molecule has 9 nitrogen and oxygen atoms in total. The van der Waals surface area contributed by atoms with Crippen molar-refractivity contribution in [1.29, 1.82) is 0 Å². The van der Waals surface area contributed by atoms with Crippen molar-refractivity contribution in [3.63, 3.8) is 0 Å². The molecule has 0 saturated heterocycles. The van der Waals surface area contributed by atoms with Crippen molar-refractivity contribution in [1.82, 2.24) is 0 Å². The molecule has 0 aromatic carbocycles. The first kappa shape index (κ1) is 49.4. The van der Waals surface area contributed by atoms with Crippen LogP contribution in [-0.4, -0.2) is 66.3 Å². The van der Waals surface area contributed by atoms with Crippen LogP contribution in [-0.2, 0) is 27.9 Å². The molecule has 0 fully saturated rings.